The molecular formula is C63H77N11O8S. The predicted octanol–water partition coefficient (Wildman–Crippen LogP) is 7.85. The summed E-state index contributed by atoms with van der Waals surface area (Å²) in [6, 6.07) is 30.7. The van der Waals surface area contributed by atoms with Gasteiger partial charge in [0.2, 0.25) is 23.6 Å². The van der Waals surface area contributed by atoms with Gasteiger partial charge in [-0.1, -0.05) is 75.4 Å². The van der Waals surface area contributed by atoms with Crippen molar-refractivity contribution in [3.63, 3.8) is 0 Å². The lowest BCUT2D eigenvalue weighted by Crippen LogP contribution is -2.57. The molecule has 438 valence electrons. The second-order valence-electron chi connectivity index (χ2n) is 22.3. The van der Waals surface area contributed by atoms with Crippen LogP contribution in [-0.4, -0.2) is 131 Å². The van der Waals surface area contributed by atoms with Crippen LogP contribution in [-0.2, 0) is 56.6 Å². The Morgan fingerprint density at radius 1 is 0.759 bits per heavy atom. The molecule has 0 spiro atoms. The van der Waals surface area contributed by atoms with Gasteiger partial charge in [0.15, 0.2) is 11.5 Å². The molecule has 3 aromatic carbocycles. The lowest BCUT2D eigenvalue weighted by molar-refractivity contribution is -0.144. The molecule has 2 atom stereocenters. The number of hydrogen-bond acceptors (Lipinski definition) is 15. The highest BCUT2D eigenvalue weighted by Crippen LogP contribution is 2.40. The van der Waals surface area contributed by atoms with Crippen LogP contribution in [0.25, 0.3) is 49.9 Å². The zero-order valence-electron chi connectivity index (χ0n) is 48.0. The van der Waals surface area contributed by atoms with Crippen LogP contribution < -0.4 is 27.4 Å². The van der Waals surface area contributed by atoms with E-state index < -0.39 is 17.5 Å². The van der Waals surface area contributed by atoms with Gasteiger partial charge in [-0.05, 0) is 116 Å². The van der Waals surface area contributed by atoms with Crippen LogP contribution in [0, 0.1) is 12.3 Å². The molecule has 1 aliphatic heterocycles. The van der Waals surface area contributed by atoms with Gasteiger partial charge in [-0.25, -0.2) is 19.9 Å². The van der Waals surface area contributed by atoms with E-state index in [1.807, 2.05) is 105 Å². The number of pyridine rings is 2. The number of aromatic nitrogens is 5. The Morgan fingerprint density at radius 2 is 1.48 bits per heavy atom. The molecule has 19 nitrogen and oxygen atoms in total. The fourth-order valence-electron chi connectivity index (χ4n) is 10.4. The van der Waals surface area contributed by atoms with Gasteiger partial charge in [-0.2, -0.15) is 0 Å². The molecule has 9 rings (SSSR count). The molecule has 0 bridgehead atoms. The fraction of sp³-hybridized carbons (Fsp3) is 0.429. The smallest absolute Gasteiger partial charge is 0.246 e. The number of nitrogens with one attached hydrogen (secondary N) is 3. The van der Waals surface area contributed by atoms with Gasteiger partial charge >= 0.3 is 0 Å². The second-order valence-corrected chi connectivity index (χ2v) is 23.1. The Morgan fingerprint density at radius 3 is 2.16 bits per heavy atom. The largest absolute Gasteiger partial charge is 0.383 e. The first-order chi connectivity index (χ1) is 40.1. The summed E-state index contributed by atoms with van der Waals surface area (Å²) in [5, 5.41) is 8.89. The second kappa shape index (κ2) is 28.2. The van der Waals surface area contributed by atoms with Gasteiger partial charge in [0.25, 0.3) is 0 Å². The number of nitrogens with two attached hydrogens (primary N) is 2. The van der Waals surface area contributed by atoms with Gasteiger partial charge in [0.05, 0.1) is 80.2 Å². The Hall–Kier alpha value is -7.46. The van der Waals surface area contributed by atoms with Crippen LogP contribution in [0.1, 0.15) is 88.1 Å². The first-order valence-corrected chi connectivity index (χ1v) is 29.6. The number of thiazole rings is 1. The van der Waals surface area contributed by atoms with E-state index in [2.05, 4.69) is 56.3 Å². The highest BCUT2D eigenvalue weighted by Gasteiger charge is 2.42. The molecule has 7 N–H and O–H groups in total. The minimum Gasteiger partial charge on any atom is -0.383 e. The normalized spacial score (nSPS) is 15.2. The number of imidazole rings is 1. The summed E-state index contributed by atoms with van der Waals surface area (Å²) in [6.45, 7) is 11.5. The lowest BCUT2D eigenvalue weighted by Gasteiger charge is -2.38. The summed E-state index contributed by atoms with van der Waals surface area (Å²) in [6.07, 6.45) is 6.94. The Bertz CT molecular complexity index is 3320. The number of aryl methyl sites for hydroxylation is 2. The van der Waals surface area contributed by atoms with Crippen molar-refractivity contribution in [2.45, 2.75) is 103 Å². The molecule has 7 aromatic rings. The molecule has 20 heteroatoms. The van der Waals surface area contributed by atoms with Crippen molar-refractivity contribution >= 4 is 51.9 Å². The van der Waals surface area contributed by atoms with Crippen molar-refractivity contribution < 1.29 is 38.1 Å². The van der Waals surface area contributed by atoms with E-state index in [9.17, 15) is 19.2 Å². The van der Waals surface area contributed by atoms with Gasteiger partial charge in [-0.15, -0.1) is 11.3 Å². The SMILES string of the molecule is Cc1ncsc1-c1ccc(CNC(=O)[C@@H]2CCCN2C(=O)C(NC(=O)CCOCCOCCOCCOCCNC(=O)CCc2cccc(-c3ccc4nc(-c5cccnc5N)n(-c5ccc(C6(N)CCC6)cc5)c4n3)c2)C(C)(C)C)cc1. The molecule has 4 aromatic heterocycles. The molecule has 1 saturated carbocycles. The number of likely N-dealkylation sites (tertiary alicyclic amines) is 1. The minimum atomic E-state index is -0.817. The minimum absolute atomic E-state index is 0.0670. The number of rotatable bonds is 28. The molecule has 1 saturated heterocycles. The third-order valence-electron chi connectivity index (χ3n) is 15.2. The molecule has 5 heterocycles. The van der Waals surface area contributed by atoms with Gasteiger partial charge in [0.1, 0.15) is 23.4 Å². The van der Waals surface area contributed by atoms with Crippen LogP contribution in [0.4, 0.5) is 5.82 Å². The Balaban J connectivity index is 0.617. The summed E-state index contributed by atoms with van der Waals surface area (Å²) >= 11 is 1.59. The van der Waals surface area contributed by atoms with Crippen molar-refractivity contribution in [3.05, 3.63) is 131 Å². The lowest BCUT2D eigenvalue weighted by atomic mass is 9.73. The van der Waals surface area contributed by atoms with Crippen molar-refractivity contribution in [2.24, 2.45) is 11.1 Å². The average Bonchev–Trinajstić information content (AvgIpc) is 4.33. The quantitative estimate of drug-likeness (QED) is 0.0293. The molecule has 83 heavy (non-hydrogen) atoms. The zero-order chi connectivity index (χ0) is 58.3. The van der Waals surface area contributed by atoms with E-state index in [1.54, 1.807) is 22.4 Å². The molecule has 1 aliphatic carbocycles. The highest BCUT2D eigenvalue weighted by molar-refractivity contribution is 7.13. The van der Waals surface area contributed by atoms with Crippen molar-refractivity contribution in [1.29, 1.82) is 0 Å². The van der Waals surface area contributed by atoms with Crippen LogP contribution in [0.5, 0.6) is 0 Å². The molecule has 2 fully saturated rings. The van der Waals surface area contributed by atoms with Crippen LogP contribution in [0.3, 0.4) is 0 Å². The molecule has 0 radical (unpaired) electrons. The van der Waals surface area contributed by atoms with Crippen molar-refractivity contribution in [3.8, 4) is 38.8 Å². The maximum absolute atomic E-state index is 14.0. The number of anilines is 1. The monoisotopic (exact) mass is 1150 g/mol. The molecule has 4 amide bonds. The molecule has 1 unspecified atom stereocenters. The third kappa shape index (κ3) is 15.6. The topological polar surface area (TPSA) is 253 Å². The van der Waals surface area contributed by atoms with E-state index in [-0.39, 0.29) is 48.8 Å². The van der Waals surface area contributed by atoms with Crippen LogP contribution >= 0.6 is 11.3 Å². The standard InChI is InChI=1S/C63H77N11O8S/c1-42-55(83-41-69-42)45-16-13-44(14-17-45)40-68-60(77)52-12-7-30-73(52)61(78)56(62(2,3)4)72-54(76)25-31-79-33-35-81-37-38-82-36-34-80-32-29-66-53(75)24-15-43-9-5-10-46(39-43)50-22-23-51-59(70-50)74(58(71-51)49-11-6-28-67-57(49)64)48-20-18-47(19-21-48)63(65)26-8-27-63/h5-6,9-11,13-14,16-23,28,39,41,52,56H,7-8,12,15,24-27,29-38,40,65H2,1-4H3,(H2,64,67)(H,66,75)(H,68,77)(H,72,76)/t52-,56?/m0/s1. The molecule has 2 aliphatic rings. The van der Waals surface area contributed by atoms with E-state index in [1.165, 1.54) is 0 Å². The highest BCUT2D eigenvalue weighted by atomic mass is 32.1. The summed E-state index contributed by atoms with van der Waals surface area (Å²) < 4.78 is 24.6. The fourth-order valence-corrected chi connectivity index (χ4v) is 11.2. The zero-order valence-corrected chi connectivity index (χ0v) is 48.8. The number of nitrogen functional groups attached to an aromatic ring is 1. The van der Waals surface area contributed by atoms with E-state index in [0.717, 1.165) is 74.5 Å². The van der Waals surface area contributed by atoms with Crippen LogP contribution in [0.15, 0.2) is 109 Å². The number of amides is 4. The number of hydrogen-bond donors (Lipinski definition) is 5. The van der Waals surface area contributed by atoms with E-state index >= 15 is 0 Å². The van der Waals surface area contributed by atoms with E-state index in [0.29, 0.717) is 108 Å². The maximum atomic E-state index is 14.0. The number of nitrogens with zero attached hydrogens (tertiary/aromatic N) is 6. The summed E-state index contributed by atoms with van der Waals surface area (Å²) in [7, 11) is 0. The first-order valence-electron chi connectivity index (χ1n) is 28.7. The van der Waals surface area contributed by atoms with Gasteiger partial charge in [-0.3, -0.25) is 23.7 Å². The van der Waals surface area contributed by atoms with Crippen LogP contribution in [0.2, 0.25) is 0 Å². The first kappa shape index (κ1) is 60.1. The molecular weight excluding hydrogens is 1070 g/mol. The Labute approximate surface area is 489 Å². The summed E-state index contributed by atoms with van der Waals surface area (Å²) in [5.74, 6) is 0.176. The maximum Gasteiger partial charge on any atom is 0.246 e. The summed E-state index contributed by atoms with van der Waals surface area (Å²) in [4.78, 5) is 74.8. The van der Waals surface area contributed by atoms with Crippen molar-refractivity contribution in [1.82, 2.24) is 45.4 Å². The van der Waals surface area contributed by atoms with Crippen molar-refractivity contribution in [2.75, 3.05) is 71.7 Å². The number of carbonyl (C=O) groups excluding carboxylic acids is 4. The Kier molecular flexibility index (Phi) is 20.4. The number of benzene rings is 3. The summed E-state index contributed by atoms with van der Waals surface area (Å²) in [5.41, 5.74) is 23.9. The van der Waals surface area contributed by atoms with Gasteiger partial charge in [0, 0.05) is 55.5 Å². The van der Waals surface area contributed by atoms with Gasteiger partial charge < -0.3 is 51.3 Å². The third-order valence-corrected chi connectivity index (χ3v) is 16.2. The number of fused-ring (bicyclic) bond motifs is 1. The number of carbonyl (C=O) groups is 4. The average molecular weight is 1150 g/mol. The predicted molar refractivity (Wildman–Crippen MR) is 321 cm³/mol. The van der Waals surface area contributed by atoms with E-state index in [4.69, 9.17) is 40.4 Å². The number of ether oxygens (including phenoxy) is 4.